The molecule has 0 aromatic carbocycles. The van der Waals surface area contributed by atoms with Gasteiger partial charge in [-0.1, -0.05) is 70.6 Å². The van der Waals surface area contributed by atoms with Gasteiger partial charge in [-0.3, -0.25) is 4.79 Å². The van der Waals surface area contributed by atoms with Crippen LogP contribution in [0.3, 0.4) is 0 Å². The minimum absolute atomic E-state index is 0.0222. The number of methoxy groups -OCH3 is 2. The zero-order valence-corrected chi connectivity index (χ0v) is 41.3. The van der Waals surface area contributed by atoms with E-state index < -0.39 is 103 Å². The Kier molecular flexibility index (Phi) is 17.0. The summed E-state index contributed by atoms with van der Waals surface area (Å²) in [7, 11) is 3.24. The Balaban J connectivity index is 1.15. The zero-order valence-electron chi connectivity index (χ0n) is 41.3. The summed E-state index contributed by atoms with van der Waals surface area (Å²) in [6.45, 7) is 18.1. The van der Waals surface area contributed by atoms with Gasteiger partial charge in [0.2, 0.25) is 0 Å². The molecule has 67 heavy (non-hydrogen) atoms. The van der Waals surface area contributed by atoms with Crippen molar-refractivity contribution in [3.05, 3.63) is 59.3 Å². The van der Waals surface area contributed by atoms with E-state index in [2.05, 4.69) is 45.2 Å². The lowest BCUT2D eigenvalue weighted by Gasteiger charge is -2.48. The first-order valence-electron chi connectivity index (χ1n) is 24.5. The quantitative estimate of drug-likeness (QED) is 0.168. The highest BCUT2D eigenvalue weighted by Crippen LogP contribution is 2.47. The van der Waals surface area contributed by atoms with Crippen LogP contribution in [0.25, 0.3) is 0 Å². The van der Waals surface area contributed by atoms with Crippen molar-refractivity contribution in [3.63, 3.8) is 0 Å². The summed E-state index contributed by atoms with van der Waals surface area (Å²) in [5.74, 6) is -2.63. The molecule has 2 unspecified atom stereocenters. The van der Waals surface area contributed by atoms with Crippen molar-refractivity contribution in [1.29, 1.82) is 0 Å². The van der Waals surface area contributed by atoms with Crippen LogP contribution < -0.4 is 5.32 Å². The molecule has 0 aromatic rings. The summed E-state index contributed by atoms with van der Waals surface area (Å²) in [6, 6.07) is -0.434. The number of ether oxygens (including phenoxy) is 11. The van der Waals surface area contributed by atoms with Crippen LogP contribution in [-0.4, -0.2) is 147 Å². The molecular formula is C51H77NO15. The van der Waals surface area contributed by atoms with Crippen molar-refractivity contribution in [2.45, 2.75) is 198 Å². The summed E-state index contributed by atoms with van der Waals surface area (Å²) in [6.07, 6.45) is 8.50. The van der Waals surface area contributed by atoms with Crippen molar-refractivity contribution in [2.24, 2.45) is 23.7 Å². The van der Waals surface area contributed by atoms with Gasteiger partial charge in [0, 0.05) is 51.7 Å². The van der Waals surface area contributed by atoms with Crippen LogP contribution in [0.15, 0.2) is 59.3 Å². The minimum Gasteiger partial charge on any atom is -0.462 e. The molecule has 4 saturated heterocycles. The SMILES string of the molecule is CCOC(=O)N[C@@H]1[C@H](C)OC(O[C@H]2[C@H](C)OC(O[C@@H]3/C(C)=C/C[C@@H]4C[C@@H](C[C@]5(C=C[C@H](C)[C@@H]([C@@H](C)CC)O5)O4)OC(=O)[C@@H]4C=C(C)[C@@H](O)[C@H]5OC/C(=C\C=C\[C@@H]3C)[C@]54O)C[C@@H]2OC)C[C@@H]1OC. The largest absolute Gasteiger partial charge is 0.462 e. The first kappa shape index (κ1) is 51.8. The molecule has 16 heteroatoms. The third-order valence-electron chi connectivity index (χ3n) is 15.1. The van der Waals surface area contributed by atoms with E-state index in [4.69, 9.17) is 52.1 Å². The van der Waals surface area contributed by atoms with Crippen LogP contribution >= 0.6 is 0 Å². The lowest BCUT2D eigenvalue weighted by molar-refractivity contribution is -0.311. The summed E-state index contributed by atoms with van der Waals surface area (Å²) in [5, 5.41) is 26.7. The molecule has 16 nitrogen and oxygen atoms in total. The van der Waals surface area contributed by atoms with Crippen LogP contribution in [0, 0.1) is 23.7 Å². The molecule has 2 bridgehead atoms. The fraction of sp³-hybridized carbons (Fsp3) is 0.765. The van der Waals surface area contributed by atoms with Gasteiger partial charge < -0.3 is 67.6 Å². The van der Waals surface area contributed by atoms with Gasteiger partial charge in [-0.2, -0.15) is 0 Å². The standard InChI is InChI=1S/C51H77NO15/c1-12-27(3)45-30(6)19-20-50(67-45)25-36-22-35(66-50)18-17-29(5)44(28(4)15-14-16-34-26-60-47-43(53)31(7)21-37(48(54)63-36)51(34,47)56)64-41-24-39(58-11)46(33(9)62-41)65-40-23-38(57-10)42(32(8)61-40)52-49(55)59-13-2/h14-17,19-21,27-28,30,32-33,35-47,53,56H,12-13,18,22-26H2,1-11H3,(H,52,55)/b15-14+,29-17+,34-16+/t27-,28-,30-,32-,33-,35+,36-,37-,38-,39-,40?,41?,42+,43+,44-,45+,46-,47+,50+,51+/m0/s1. The van der Waals surface area contributed by atoms with E-state index in [1.165, 1.54) is 0 Å². The second-order valence-corrected chi connectivity index (χ2v) is 19.9. The normalized spacial score (nSPS) is 46.2. The molecule has 0 radical (unpaired) electrons. The Hall–Kier alpha value is -3.00. The molecule has 20 atom stereocenters. The molecule has 4 fully saturated rings. The molecule has 7 rings (SSSR count). The first-order valence-corrected chi connectivity index (χ1v) is 24.5. The van der Waals surface area contributed by atoms with Gasteiger partial charge in [-0.05, 0) is 69.8 Å². The maximum absolute atomic E-state index is 14.4. The summed E-state index contributed by atoms with van der Waals surface area (Å²) >= 11 is 0. The fourth-order valence-corrected chi connectivity index (χ4v) is 11.1. The molecule has 6 aliphatic heterocycles. The summed E-state index contributed by atoms with van der Waals surface area (Å²) in [5.41, 5.74) is 0.0956. The van der Waals surface area contributed by atoms with E-state index in [1.807, 2.05) is 39.0 Å². The van der Waals surface area contributed by atoms with Crippen LogP contribution in [0.4, 0.5) is 4.79 Å². The first-order chi connectivity index (χ1) is 31.9. The molecule has 1 aliphatic carbocycles. The van der Waals surface area contributed by atoms with E-state index in [1.54, 1.807) is 40.2 Å². The summed E-state index contributed by atoms with van der Waals surface area (Å²) < 4.78 is 69.6. The Morgan fingerprint density at radius 2 is 1.64 bits per heavy atom. The van der Waals surface area contributed by atoms with Crippen molar-refractivity contribution < 1.29 is 71.9 Å². The lowest BCUT2D eigenvalue weighted by Crippen LogP contribution is -2.59. The van der Waals surface area contributed by atoms with E-state index in [-0.39, 0.29) is 49.6 Å². The van der Waals surface area contributed by atoms with Gasteiger partial charge in [0.05, 0.1) is 62.0 Å². The van der Waals surface area contributed by atoms with Crippen LogP contribution in [0.5, 0.6) is 0 Å². The Morgan fingerprint density at radius 3 is 2.36 bits per heavy atom. The minimum atomic E-state index is -1.85. The van der Waals surface area contributed by atoms with Crippen LogP contribution in [-0.2, 0) is 56.9 Å². The van der Waals surface area contributed by atoms with Gasteiger partial charge in [0.25, 0.3) is 0 Å². The number of rotatable bonds is 10. The third kappa shape index (κ3) is 11.1. The molecule has 376 valence electrons. The van der Waals surface area contributed by atoms with Gasteiger partial charge in [0.1, 0.15) is 35.9 Å². The zero-order chi connectivity index (χ0) is 48.4. The highest BCUT2D eigenvalue weighted by Gasteiger charge is 2.60. The number of carbonyl (C=O) groups is 2. The predicted molar refractivity (Wildman–Crippen MR) is 245 cm³/mol. The van der Waals surface area contributed by atoms with Crippen LogP contribution in [0.2, 0.25) is 0 Å². The number of aliphatic hydroxyl groups excluding tert-OH is 1. The predicted octanol–water partition coefficient (Wildman–Crippen LogP) is 6.13. The number of hydrogen-bond acceptors (Lipinski definition) is 15. The average Bonchev–Trinajstić information content (AvgIpc) is 3.63. The number of carbonyl (C=O) groups excluding carboxylic acids is 2. The van der Waals surface area contributed by atoms with E-state index in [0.717, 1.165) is 12.0 Å². The third-order valence-corrected chi connectivity index (χ3v) is 15.1. The molecule has 1 spiro atoms. The van der Waals surface area contributed by atoms with E-state index >= 15 is 0 Å². The number of hydrogen-bond donors (Lipinski definition) is 3. The maximum atomic E-state index is 14.4. The topological polar surface area (TPSA) is 188 Å². The second-order valence-electron chi connectivity index (χ2n) is 19.9. The van der Waals surface area contributed by atoms with E-state index in [0.29, 0.717) is 36.8 Å². The van der Waals surface area contributed by atoms with Crippen molar-refractivity contribution >= 4 is 12.1 Å². The van der Waals surface area contributed by atoms with Gasteiger partial charge in [-0.25, -0.2) is 4.79 Å². The number of amides is 1. The fourth-order valence-electron chi connectivity index (χ4n) is 11.1. The molecular weight excluding hydrogens is 867 g/mol. The van der Waals surface area contributed by atoms with Crippen molar-refractivity contribution in [3.8, 4) is 0 Å². The molecule has 7 aliphatic rings. The van der Waals surface area contributed by atoms with Gasteiger partial charge >= 0.3 is 12.1 Å². The monoisotopic (exact) mass is 944 g/mol. The number of alkyl carbamates (subject to hydrolysis) is 1. The average molecular weight is 944 g/mol. The van der Waals surface area contributed by atoms with Gasteiger partial charge in [-0.15, -0.1) is 0 Å². The molecule has 0 saturated carbocycles. The molecule has 0 aromatic heterocycles. The molecule has 3 N–H and O–H groups in total. The van der Waals surface area contributed by atoms with Crippen molar-refractivity contribution in [2.75, 3.05) is 27.4 Å². The Morgan fingerprint density at radius 1 is 0.925 bits per heavy atom. The van der Waals surface area contributed by atoms with E-state index in [9.17, 15) is 19.8 Å². The number of allylic oxidation sites excluding steroid dienone is 2. The highest BCUT2D eigenvalue weighted by atomic mass is 16.7. The Bertz CT molecular complexity index is 1880. The molecule has 1 amide bonds. The van der Waals surface area contributed by atoms with Crippen molar-refractivity contribution in [1.82, 2.24) is 5.32 Å². The van der Waals surface area contributed by atoms with Gasteiger partial charge in [0.15, 0.2) is 18.4 Å². The summed E-state index contributed by atoms with van der Waals surface area (Å²) in [4.78, 5) is 26.7. The highest BCUT2D eigenvalue weighted by molar-refractivity contribution is 5.78. The Labute approximate surface area is 396 Å². The smallest absolute Gasteiger partial charge is 0.407 e. The number of nitrogens with one attached hydrogen (secondary N) is 1. The molecule has 6 heterocycles. The lowest BCUT2D eigenvalue weighted by atomic mass is 9.71. The number of esters is 1. The number of fused-ring (bicyclic) bond motifs is 2. The number of aliphatic hydroxyl groups is 2. The van der Waals surface area contributed by atoms with Crippen LogP contribution in [0.1, 0.15) is 101 Å². The second kappa shape index (κ2) is 22.0. The maximum Gasteiger partial charge on any atom is 0.407 e.